The zero-order valence-corrected chi connectivity index (χ0v) is 7.69. The lowest BCUT2D eigenvalue weighted by molar-refractivity contribution is -0.120. The molecule has 1 saturated heterocycles. The standard InChI is InChI=1S/C8H14NOS/c1-2-3-8(10)7-6-11-5-4-9-7/h7H,2-6H2,1H3. The molecule has 0 N–H and O–H groups in total. The van der Waals surface area contributed by atoms with Gasteiger partial charge >= 0.3 is 0 Å². The maximum Gasteiger partial charge on any atom is 0.152 e. The van der Waals surface area contributed by atoms with E-state index in [1.165, 1.54) is 0 Å². The van der Waals surface area contributed by atoms with Gasteiger partial charge in [-0.25, -0.2) is 5.32 Å². The van der Waals surface area contributed by atoms with Gasteiger partial charge in [-0.15, -0.1) is 0 Å². The SMILES string of the molecule is CCCC(=O)C1CSCC[N]1. The van der Waals surface area contributed by atoms with E-state index in [0.717, 1.165) is 24.5 Å². The van der Waals surface area contributed by atoms with Crippen LogP contribution in [0.2, 0.25) is 0 Å². The molecule has 0 aromatic heterocycles. The molecule has 0 spiro atoms. The number of carbonyl (C=O) groups is 1. The Balaban J connectivity index is 2.27. The Labute approximate surface area is 72.1 Å². The van der Waals surface area contributed by atoms with E-state index in [0.29, 0.717) is 12.2 Å². The van der Waals surface area contributed by atoms with Crippen LogP contribution in [0.1, 0.15) is 19.8 Å². The zero-order chi connectivity index (χ0) is 8.10. The molecule has 11 heavy (non-hydrogen) atoms. The second-order valence-corrected chi connectivity index (χ2v) is 3.86. The summed E-state index contributed by atoms with van der Waals surface area (Å²) >= 11 is 1.84. The molecule has 1 aliphatic rings. The van der Waals surface area contributed by atoms with E-state index in [1.54, 1.807) is 0 Å². The van der Waals surface area contributed by atoms with E-state index in [4.69, 9.17) is 0 Å². The first-order valence-electron chi connectivity index (χ1n) is 4.11. The lowest BCUT2D eigenvalue weighted by atomic mass is 10.1. The Morgan fingerprint density at radius 3 is 3.09 bits per heavy atom. The van der Waals surface area contributed by atoms with Gasteiger partial charge in [-0.05, 0) is 6.42 Å². The Morgan fingerprint density at radius 2 is 2.55 bits per heavy atom. The van der Waals surface area contributed by atoms with E-state index in [2.05, 4.69) is 5.32 Å². The van der Waals surface area contributed by atoms with Crippen molar-refractivity contribution in [3.63, 3.8) is 0 Å². The number of Topliss-reactive ketones (excluding diaryl/α,β-unsaturated/α-hetero) is 1. The fraction of sp³-hybridized carbons (Fsp3) is 0.875. The van der Waals surface area contributed by atoms with E-state index >= 15 is 0 Å². The van der Waals surface area contributed by atoms with Gasteiger partial charge in [0.05, 0.1) is 6.04 Å². The average Bonchev–Trinajstić information content (AvgIpc) is 2.07. The Morgan fingerprint density at radius 1 is 1.73 bits per heavy atom. The van der Waals surface area contributed by atoms with Crippen LogP contribution in [0, 0.1) is 0 Å². The summed E-state index contributed by atoms with van der Waals surface area (Å²) in [6.07, 6.45) is 1.66. The molecule has 1 radical (unpaired) electrons. The summed E-state index contributed by atoms with van der Waals surface area (Å²) in [7, 11) is 0. The van der Waals surface area contributed by atoms with Crippen LogP contribution in [0.5, 0.6) is 0 Å². The first kappa shape index (κ1) is 9.07. The Kier molecular flexibility index (Phi) is 3.94. The van der Waals surface area contributed by atoms with Crippen LogP contribution in [0.15, 0.2) is 0 Å². The lowest BCUT2D eigenvalue weighted by Crippen LogP contribution is -2.38. The summed E-state index contributed by atoms with van der Waals surface area (Å²) in [5.74, 6) is 2.34. The van der Waals surface area contributed by atoms with Gasteiger partial charge in [0.25, 0.3) is 0 Å². The van der Waals surface area contributed by atoms with E-state index in [-0.39, 0.29) is 6.04 Å². The highest BCUT2D eigenvalue weighted by atomic mass is 32.2. The van der Waals surface area contributed by atoms with Gasteiger partial charge in [-0.3, -0.25) is 4.79 Å². The van der Waals surface area contributed by atoms with Gasteiger partial charge < -0.3 is 0 Å². The third-order valence-electron chi connectivity index (χ3n) is 1.73. The summed E-state index contributed by atoms with van der Waals surface area (Å²) in [6, 6.07) is 0.0219. The summed E-state index contributed by atoms with van der Waals surface area (Å²) in [4.78, 5) is 11.3. The number of thioether (sulfide) groups is 1. The third kappa shape index (κ3) is 2.83. The van der Waals surface area contributed by atoms with Crippen LogP contribution in [-0.4, -0.2) is 29.9 Å². The first-order valence-corrected chi connectivity index (χ1v) is 5.27. The lowest BCUT2D eigenvalue weighted by Gasteiger charge is -2.19. The summed E-state index contributed by atoms with van der Waals surface area (Å²) in [6.45, 7) is 2.90. The van der Waals surface area contributed by atoms with Crippen molar-refractivity contribution in [2.45, 2.75) is 25.8 Å². The second-order valence-electron chi connectivity index (χ2n) is 2.71. The molecular weight excluding hydrogens is 158 g/mol. The highest BCUT2D eigenvalue weighted by Crippen LogP contribution is 2.11. The van der Waals surface area contributed by atoms with Gasteiger partial charge in [0.2, 0.25) is 0 Å². The van der Waals surface area contributed by atoms with Crippen LogP contribution in [0.3, 0.4) is 0 Å². The van der Waals surface area contributed by atoms with Crippen LogP contribution < -0.4 is 5.32 Å². The van der Waals surface area contributed by atoms with E-state index < -0.39 is 0 Å². The highest BCUT2D eigenvalue weighted by Gasteiger charge is 2.20. The molecule has 2 nitrogen and oxygen atoms in total. The molecule has 0 aliphatic carbocycles. The molecule has 1 unspecified atom stereocenters. The normalized spacial score (nSPS) is 25.0. The molecule has 0 amide bonds. The summed E-state index contributed by atoms with van der Waals surface area (Å²) in [5, 5.41) is 4.28. The molecular formula is C8H14NOS. The minimum absolute atomic E-state index is 0.0219. The number of hydrogen-bond donors (Lipinski definition) is 0. The van der Waals surface area contributed by atoms with Crippen molar-refractivity contribution in [3.05, 3.63) is 0 Å². The molecule has 0 bridgehead atoms. The van der Waals surface area contributed by atoms with Gasteiger partial charge in [-0.1, -0.05) is 6.92 Å². The van der Waals surface area contributed by atoms with Gasteiger partial charge in [0.15, 0.2) is 5.78 Å². The molecule has 1 rings (SSSR count). The highest BCUT2D eigenvalue weighted by molar-refractivity contribution is 7.99. The molecule has 1 atom stereocenters. The van der Waals surface area contributed by atoms with Crippen molar-refractivity contribution in [3.8, 4) is 0 Å². The largest absolute Gasteiger partial charge is 0.298 e. The van der Waals surface area contributed by atoms with Crippen molar-refractivity contribution in [2.75, 3.05) is 18.1 Å². The molecule has 63 valence electrons. The average molecular weight is 172 g/mol. The van der Waals surface area contributed by atoms with Crippen LogP contribution in [0.4, 0.5) is 0 Å². The number of rotatable bonds is 3. The van der Waals surface area contributed by atoms with Crippen molar-refractivity contribution >= 4 is 17.5 Å². The van der Waals surface area contributed by atoms with Gasteiger partial charge in [0, 0.05) is 24.5 Å². The second kappa shape index (κ2) is 4.78. The third-order valence-corrected chi connectivity index (χ3v) is 2.75. The first-order chi connectivity index (χ1) is 5.34. The van der Waals surface area contributed by atoms with Crippen LogP contribution in [0.25, 0.3) is 0 Å². The molecule has 1 fully saturated rings. The summed E-state index contributed by atoms with van der Waals surface area (Å²) in [5.41, 5.74) is 0. The van der Waals surface area contributed by atoms with Crippen LogP contribution >= 0.6 is 11.8 Å². The van der Waals surface area contributed by atoms with Crippen LogP contribution in [-0.2, 0) is 4.79 Å². The molecule has 1 heterocycles. The minimum atomic E-state index is 0.0219. The Hall–Kier alpha value is -0.0200. The number of ketones is 1. The predicted molar refractivity (Wildman–Crippen MR) is 48.0 cm³/mol. The fourth-order valence-electron chi connectivity index (χ4n) is 1.13. The van der Waals surface area contributed by atoms with Crippen molar-refractivity contribution in [1.82, 2.24) is 5.32 Å². The Bertz CT molecular complexity index is 132. The topological polar surface area (TPSA) is 31.2 Å². The number of hydrogen-bond acceptors (Lipinski definition) is 2. The summed E-state index contributed by atoms with van der Waals surface area (Å²) < 4.78 is 0. The number of nitrogens with zero attached hydrogens (tertiary/aromatic N) is 1. The van der Waals surface area contributed by atoms with Gasteiger partial charge in [-0.2, -0.15) is 11.8 Å². The molecule has 1 aliphatic heterocycles. The zero-order valence-electron chi connectivity index (χ0n) is 6.88. The van der Waals surface area contributed by atoms with E-state index in [1.807, 2.05) is 18.7 Å². The van der Waals surface area contributed by atoms with Gasteiger partial charge in [0.1, 0.15) is 0 Å². The fourth-order valence-corrected chi connectivity index (χ4v) is 2.04. The number of carbonyl (C=O) groups excluding carboxylic acids is 1. The quantitative estimate of drug-likeness (QED) is 0.637. The molecule has 0 aromatic rings. The molecule has 3 heteroatoms. The van der Waals surface area contributed by atoms with Crippen molar-refractivity contribution in [1.29, 1.82) is 0 Å². The minimum Gasteiger partial charge on any atom is -0.298 e. The molecule has 0 aromatic carbocycles. The van der Waals surface area contributed by atoms with Crippen molar-refractivity contribution in [2.24, 2.45) is 0 Å². The predicted octanol–water partition coefficient (Wildman–Crippen LogP) is 1.08. The monoisotopic (exact) mass is 172 g/mol. The molecule has 0 saturated carbocycles. The van der Waals surface area contributed by atoms with Crippen molar-refractivity contribution < 1.29 is 4.79 Å². The smallest absolute Gasteiger partial charge is 0.152 e. The van der Waals surface area contributed by atoms with E-state index in [9.17, 15) is 4.79 Å². The maximum absolute atomic E-state index is 11.3. The maximum atomic E-state index is 11.3.